The molecule has 254 valence electrons. The molecule has 0 unspecified atom stereocenters. The molecule has 5 aromatic rings. The molecule has 0 bridgehead atoms. The molecule has 3 N–H and O–H groups in total. The minimum atomic E-state index is -0.956. The monoisotopic (exact) mass is 672 g/mol. The fourth-order valence-corrected chi connectivity index (χ4v) is 5.37. The fraction of sp³-hybridized carbons (Fsp3) is 0.222. The number of methoxy groups -OCH3 is 2. The Balaban J connectivity index is 1.43. The molecular weight excluding hydrogens is 638 g/mol. The van der Waals surface area contributed by atoms with Crippen molar-refractivity contribution in [3.63, 3.8) is 0 Å². The molecular formula is C36H34F2N4O7. The number of aromatic nitrogens is 2. The van der Waals surface area contributed by atoms with Crippen molar-refractivity contribution in [3.8, 4) is 28.7 Å². The lowest BCUT2D eigenvalue weighted by molar-refractivity contribution is 0.0391. The van der Waals surface area contributed by atoms with Crippen LogP contribution in [0.4, 0.5) is 19.3 Å². The molecule has 0 fully saturated rings. The predicted molar refractivity (Wildman–Crippen MR) is 179 cm³/mol. The highest BCUT2D eigenvalue weighted by Crippen LogP contribution is 2.37. The summed E-state index contributed by atoms with van der Waals surface area (Å²) in [5.41, 5.74) is 5.35. The summed E-state index contributed by atoms with van der Waals surface area (Å²) in [5.74, 6) is -0.980. The Bertz CT molecular complexity index is 2110. The van der Waals surface area contributed by atoms with Crippen LogP contribution in [0, 0.1) is 18.6 Å². The standard InChI is InChI=1S/C36H34F2N4O7/c1-20-16-25(34(44)42(23-9-6-21(37)7-10-23)28(20)12-14-36(2,3)49-35(39)45)33(43)41-22-8-11-30(26(38)17-22)48-29-13-15-40-27-19-32(47-5)31(46-4)18-24(27)29/h6-11,13,15-19H,12,14H2,1-5H3,(H2,39,45)(H,41,43). The van der Waals surface area contributed by atoms with Crippen LogP contribution >= 0.6 is 0 Å². The number of benzene rings is 3. The number of halogens is 2. The highest BCUT2D eigenvalue weighted by atomic mass is 19.1. The number of aryl methyl sites for hydroxylation is 1. The lowest BCUT2D eigenvalue weighted by Gasteiger charge is -2.25. The van der Waals surface area contributed by atoms with Gasteiger partial charge in [-0.1, -0.05) is 0 Å². The third-order valence-electron chi connectivity index (χ3n) is 7.81. The number of carbonyl (C=O) groups is 2. The summed E-state index contributed by atoms with van der Waals surface area (Å²) in [4.78, 5) is 43.0. The van der Waals surface area contributed by atoms with Gasteiger partial charge in [-0.05, 0) is 93.8 Å². The predicted octanol–water partition coefficient (Wildman–Crippen LogP) is 6.84. The number of amides is 2. The van der Waals surface area contributed by atoms with Gasteiger partial charge in [0.2, 0.25) is 0 Å². The molecule has 13 heteroatoms. The molecule has 0 aliphatic heterocycles. The normalized spacial score (nSPS) is 11.2. The van der Waals surface area contributed by atoms with Crippen LogP contribution < -0.4 is 30.8 Å². The fourth-order valence-electron chi connectivity index (χ4n) is 5.37. The second-order valence-corrected chi connectivity index (χ2v) is 11.7. The number of nitrogens with one attached hydrogen (secondary N) is 1. The van der Waals surface area contributed by atoms with Gasteiger partial charge in [-0.15, -0.1) is 0 Å². The van der Waals surface area contributed by atoms with Gasteiger partial charge in [-0.2, -0.15) is 0 Å². The first kappa shape index (κ1) is 34.4. The molecule has 0 saturated heterocycles. The molecule has 11 nitrogen and oxygen atoms in total. The lowest BCUT2D eigenvalue weighted by atomic mass is 9.98. The Hall–Kier alpha value is -5.98. The SMILES string of the molecule is COc1cc2nccc(Oc3ccc(NC(=O)c4cc(C)c(CCC(C)(C)OC(N)=O)n(-c5ccc(F)cc5)c4=O)cc3F)c2cc1OC. The van der Waals surface area contributed by atoms with Crippen molar-refractivity contribution in [2.75, 3.05) is 19.5 Å². The molecule has 0 aliphatic rings. The number of hydrogen-bond acceptors (Lipinski definition) is 8. The summed E-state index contributed by atoms with van der Waals surface area (Å²) >= 11 is 0. The number of ether oxygens (including phenoxy) is 4. The van der Waals surface area contributed by atoms with E-state index >= 15 is 4.39 Å². The maximum Gasteiger partial charge on any atom is 0.405 e. The molecule has 0 radical (unpaired) electrons. The van der Waals surface area contributed by atoms with Crippen molar-refractivity contribution in [1.82, 2.24) is 9.55 Å². The number of fused-ring (bicyclic) bond motifs is 1. The van der Waals surface area contributed by atoms with E-state index in [1.165, 1.54) is 67.4 Å². The highest BCUT2D eigenvalue weighted by molar-refractivity contribution is 6.04. The summed E-state index contributed by atoms with van der Waals surface area (Å²) in [7, 11) is 3.00. The molecule has 49 heavy (non-hydrogen) atoms. The first-order valence-electron chi connectivity index (χ1n) is 15.1. The van der Waals surface area contributed by atoms with Gasteiger partial charge >= 0.3 is 6.09 Å². The highest BCUT2D eigenvalue weighted by Gasteiger charge is 2.25. The Morgan fingerprint density at radius 2 is 1.61 bits per heavy atom. The summed E-state index contributed by atoms with van der Waals surface area (Å²) in [6.45, 7) is 5.07. The van der Waals surface area contributed by atoms with E-state index < -0.39 is 34.8 Å². The second-order valence-electron chi connectivity index (χ2n) is 11.7. The summed E-state index contributed by atoms with van der Waals surface area (Å²) in [5, 5.41) is 3.13. The summed E-state index contributed by atoms with van der Waals surface area (Å²) < 4.78 is 52.3. The molecule has 2 amide bonds. The zero-order valence-corrected chi connectivity index (χ0v) is 27.4. The molecule has 0 saturated carbocycles. The van der Waals surface area contributed by atoms with E-state index in [9.17, 15) is 18.8 Å². The largest absolute Gasteiger partial charge is 0.493 e. The Kier molecular flexibility index (Phi) is 9.83. The number of pyridine rings is 2. The van der Waals surface area contributed by atoms with Gasteiger partial charge in [0.05, 0.1) is 19.7 Å². The van der Waals surface area contributed by atoms with Crippen molar-refractivity contribution < 1.29 is 37.3 Å². The quantitative estimate of drug-likeness (QED) is 0.155. The molecule has 0 aliphatic carbocycles. The zero-order valence-electron chi connectivity index (χ0n) is 27.4. The Labute approximate surface area is 280 Å². The number of rotatable bonds is 11. The van der Waals surface area contributed by atoms with Crippen LogP contribution in [-0.4, -0.2) is 41.4 Å². The second kappa shape index (κ2) is 14.0. The molecule has 5 rings (SSSR count). The van der Waals surface area contributed by atoms with Crippen molar-refractivity contribution in [3.05, 3.63) is 112 Å². The van der Waals surface area contributed by atoms with Crippen LogP contribution in [0.1, 0.15) is 41.9 Å². The van der Waals surface area contributed by atoms with Gasteiger partial charge in [0, 0.05) is 40.8 Å². The van der Waals surface area contributed by atoms with Crippen LogP contribution in [-0.2, 0) is 11.2 Å². The van der Waals surface area contributed by atoms with Gasteiger partial charge < -0.3 is 30.0 Å². The third kappa shape index (κ3) is 7.61. The average Bonchev–Trinajstić information content (AvgIpc) is 3.05. The average molecular weight is 673 g/mol. The molecule has 0 spiro atoms. The minimum absolute atomic E-state index is 0.0700. The number of hydrogen-bond donors (Lipinski definition) is 2. The number of nitrogens with zero attached hydrogens (tertiary/aromatic N) is 2. The minimum Gasteiger partial charge on any atom is -0.493 e. The maximum absolute atomic E-state index is 15.4. The summed E-state index contributed by atoms with van der Waals surface area (Å²) in [6.07, 6.45) is 1.11. The first-order chi connectivity index (χ1) is 23.3. The van der Waals surface area contributed by atoms with Crippen LogP contribution in [0.25, 0.3) is 16.6 Å². The first-order valence-corrected chi connectivity index (χ1v) is 15.1. The van der Waals surface area contributed by atoms with Crippen LogP contribution in [0.15, 0.2) is 77.7 Å². The summed E-state index contributed by atoms with van der Waals surface area (Å²) in [6, 6.07) is 15.4. The van der Waals surface area contributed by atoms with Crippen LogP contribution in [0.5, 0.6) is 23.0 Å². The van der Waals surface area contributed by atoms with Crippen molar-refractivity contribution in [1.29, 1.82) is 0 Å². The number of nitrogens with two attached hydrogens (primary N) is 1. The Morgan fingerprint density at radius 1 is 0.918 bits per heavy atom. The van der Waals surface area contributed by atoms with Crippen LogP contribution in [0.2, 0.25) is 0 Å². The van der Waals surface area contributed by atoms with E-state index in [0.29, 0.717) is 45.1 Å². The smallest absolute Gasteiger partial charge is 0.405 e. The van der Waals surface area contributed by atoms with Gasteiger partial charge in [-0.3, -0.25) is 19.1 Å². The van der Waals surface area contributed by atoms with E-state index in [4.69, 9.17) is 24.7 Å². The van der Waals surface area contributed by atoms with Crippen molar-refractivity contribution in [2.45, 2.75) is 39.2 Å². The lowest BCUT2D eigenvalue weighted by Crippen LogP contribution is -2.34. The van der Waals surface area contributed by atoms with Gasteiger partial charge in [0.15, 0.2) is 23.1 Å². The molecule has 2 heterocycles. The number of primary amides is 1. The van der Waals surface area contributed by atoms with Crippen molar-refractivity contribution >= 4 is 28.6 Å². The van der Waals surface area contributed by atoms with Gasteiger partial charge in [0.1, 0.15) is 22.7 Å². The topological polar surface area (TPSA) is 144 Å². The van der Waals surface area contributed by atoms with Gasteiger partial charge in [-0.25, -0.2) is 13.6 Å². The molecule has 0 atom stereocenters. The van der Waals surface area contributed by atoms with Crippen LogP contribution in [0.3, 0.4) is 0 Å². The van der Waals surface area contributed by atoms with E-state index in [1.807, 2.05) is 0 Å². The Morgan fingerprint density at radius 3 is 2.27 bits per heavy atom. The van der Waals surface area contributed by atoms with Gasteiger partial charge in [0.25, 0.3) is 11.5 Å². The maximum atomic E-state index is 15.4. The number of carbonyl (C=O) groups excluding carboxylic acids is 2. The van der Waals surface area contributed by atoms with E-state index in [0.717, 1.165) is 6.07 Å². The zero-order chi connectivity index (χ0) is 35.5. The van der Waals surface area contributed by atoms with Crippen molar-refractivity contribution in [2.24, 2.45) is 5.73 Å². The van der Waals surface area contributed by atoms with E-state index in [1.54, 1.807) is 39.0 Å². The van der Waals surface area contributed by atoms with E-state index in [2.05, 4.69) is 10.3 Å². The number of anilines is 1. The molecule has 2 aromatic heterocycles. The molecule has 3 aromatic carbocycles. The third-order valence-corrected chi connectivity index (χ3v) is 7.81. The van der Waals surface area contributed by atoms with E-state index in [-0.39, 0.29) is 29.8 Å².